The van der Waals surface area contributed by atoms with Crippen molar-refractivity contribution in [1.82, 2.24) is 4.57 Å². The number of benzene rings is 8. The fourth-order valence-electron chi connectivity index (χ4n) is 7.63. The van der Waals surface area contributed by atoms with Gasteiger partial charge in [0, 0.05) is 47.9 Å². The maximum absolute atomic E-state index is 2.48. The summed E-state index contributed by atoms with van der Waals surface area (Å²) in [7, 11) is 0. The molecule has 8 aromatic carbocycles. The molecule has 0 N–H and O–H groups in total. The quantitative estimate of drug-likeness (QED) is 0.181. The lowest BCUT2D eigenvalue weighted by atomic mass is 9.99. The first-order valence-electron chi connectivity index (χ1n) is 16.7. The van der Waals surface area contributed by atoms with Crippen molar-refractivity contribution in [3.05, 3.63) is 182 Å². The third-order valence-electron chi connectivity index (χ3n) is 9.76. The van der Waals surface area contributed by atoms with E-state index in [0.29, 0.717) is 0 Å². The number of hydrogen-bond acceptors (Lipinski definition) is 2. The summed E-state index contributed by atoms with van der Waals surface area (Å²) in [4.78, 5) is 2.48. The second-order valence-corrected chi connectivity index (χ2v) is 13.6. The average molecular weight is 643 g/mol. The van der Waals surface area contributed by atoms with Crippen molar-refractivity contribution in [2.75, 3.05) is 4.90 Å². The van der Waals surface area contributed by atoms with Crippen LogP contribution >= 0.6 is 11.3 Å². The molecule has 0 bridgehead atoms. The van der Waals surface area contributed by atoms with Gasteiger partial charge in [-0.05, 0) is 70.9 Å². The van der Waals surface area contributed by atoms with Gasteiger partial charge < -0.3 is 9.47 Å². The zero-order valence-electron chi connectivity index (χ0n) is 26.6. The van der Waals surface area contributed by atoms with Gasteiger partial charge in [0.15, 0.2) is 0 Å². The molecule has 0 fully saturated rings. The van der Waals surface area contributed by atoms with Crippen LogP contribution in [0.4, 0.5) is 17.1 Å². The first kappa shape index (κ1) is 27.9. The Morgan fingerprint density at radius 2 is 1.12 bits per heavy atom. The molecule has 49 heavy (non-hydrogen) atoms. The molecule has 0 spiro atoms. The van der Waals surface area contributed by atoms with E-state index in [9.17, 15) is 0 Å². The second kappa shape index (κ2) is 11.2. The molecule has 2 heterocycles. The lowest BCUT2D eigenvalue weighted by Crippen LogP contribution is -2.13. The van der Waals surface area contributed by atoms with E-state index in [0.717, 1.165) is 22.7 Å². The Labute approximate surface area is 288 Å². The monoisotopic (exact) mass is 642 g/mol. The van der Waals surface area contributed by atoms with Gasteiger partial charge in [0.25, 0.3) is 0 Å². The number of thiophene rings is 1. The van der Waals surface area contributed by atoms with Crippen LogP contribution in [0.2, 0.25) is 0 Å². The molecule has 0 atom stereocenters. The Balaban J connectivity index is 1.34. The average Bonchev–Trinajstić information content (AvgIpc) is 3.73. The van der Waals surface area contributed by atoms with Crippen LogP contribution < -0.4 is 4.90 Å². The zero-order chi connectivity index (χ0) is 32.3. The Bertz CT molecular complexity index is 2830. The predicted molar refractivity (Wildman–Crippen MR) is 211 cm³/mol. The molecule has 3 heteroatoms. The number of hydrogen-bond donors (Lipinski definition) is 0. The summed E-state index contributed by atoms with van der Waals surface area (Å²) in [6, 6.07) is 66.2. The molecule has 0 saturated carbocycles. The van der Waals surface area contributed by atoms with Gasteiger partial charge in [0.1, 0.15) is 0 Å². The third-order valence-corrected chi connectivity index (χ3v) is 10.9. The highest BCUT2D eigenvalue weighted by molar-refractivity contribution is 7.26. The number of para-hydroxylation sites is 4. The summed E-state index contributed by atoms with van der Waals surface area (Å²) in [6.07, 6.45) is 0. The summed E-state index contributed by atoms with van der Waals surface area (Å²) in [6.45, 7) is 0. The van der Waals surface area contributed by atoms with E-state index < -0.39 is 0 Å². The smallest absolute Gasteiger partial charge is 0.0782 e. The van der Waals surface area contributed by atoms with Crippen molar-refractivity contribution in [2.24, 2.45) is 0 Å². The molecule has 0 aliphatic carbocycles. The maximum atomic E-state index is 2.48. The molecular weight excluding hydrogens is 613 g/mol. The zero-order valence-corrected chi connectivity index (χ0v) is 27.4. The second-order valence-electron chi connectivity index (χ2n) is 12.5. The fourth-order valence-corrected chi connectivity index (χ4v) is 8.76. The lowest BCUT2D eigenvalue weighted by molar-refractivity contribution is 1.17. The fraction of sp³-hybridized carbons (Fsp3) is 0. The highest BCUT2D eigenvalue weighted by Crippen LogP contribution is 2.47. The molecule has 0 amide bonds. The number of aromatic nitrogens is 1. The van der Waals surface area contributed by atoms with Crippen molar-refractivity contribution >= 4 is 81.1 Å². The van der Waals surface area contributed by atoms with Gasteiger partial charge in [-0.1, -0.05) is 127 Å². The minimum atomic E-state index is 1.12. The van der Waals surface area contributed by atoms with Gasteiger partial charge in [-0.25, -0.2) is 0 Å². The van der Waals surface area contributed by atoms with Gasteiger partial charge in [0.2, 0.25) is 0 Å². The molecule has 2 aromatic heterocycles. The number of rotatable bonds is 5. The van der Waals surface area contributed by atoms with Crippen LogP contribution in [0, 0.1) is 0 Å². The van der Waals surface area contributed by atoms with Gasteiger partial charge >= 0.3 is 0 Å². The number of anilines is 3. The summed E-state index contributed by atoms with van der Waals surface area (Å²) in [5, 5.41) is 7.62. The van der Waals surface area contributed by atoms with Crippen molar-refractivity contribution in [1.29, 1.82) is 0 Å². The van der Waals surface area contributed by atoms with Gasteiger partial charge in [-0.2, -0.15) is 0 Å². The van der Waals surface area contributed by atoms with Crippen molar-refractivity contribution in [3.8, 4) is 16.8 Å². The van der Waals surface area contributed by atoms with Crippen LogP contribution in [0.1, 0.15) is 0 Å². The van der Waals surface area contributed by atoms with Crippen molar-refractivity contribution < 1.29 is 0 Å². The van der Waals surface area contributed by atoms with E-state index in [2.05, 4.69) is 191 Å². The topological polar surface area (TPSA) is 8.17 Å². The standard InChI is InChI=1S/C46H30N2S/c1-3-14-31(15-4-1)35-18-7-10-22-40(35)47(34-28-26-32-27-29-44-45(39(32)30-34)38-20-9-12-25-43(38)49-44)42-24-13-21-37-36-19-8-11-23-41(36)48(46(37)42)33-16-5-2-6-17-33/h1-30H. The maximum Gasteiger partial charge on any atom is 0.0782 e. The van der Waals surface area contributed by atoms with E-state index in [4.69, 9.17) is 0 Å². The normalized spacial score (nSPS) is 11.7. The van der Waals surface area contributed by atoms with E-state index in [-0.39, 0.29) is 0 Å². The predicted octanol–water partition coefficient (Wildman–Crippen LogP) is 13.4. The molecule has 0 aliphatic rings. The van der Waals surface area contributed by atoms with Gasteiger partial charge in [-0.15, -0.1) is 11.3 Å². The van der Waals surface area contributed by atoms with Crippen molar-refractivity contribution in [3.63, 3.8) is 0 Å². The minimum Gasteiger partial charge on any atom is -0.308 e. The molecule has 2 nitrogen and oxygen atoms in total. The molecule has 10 aromatic rings. The van der Waals surface area contributed by atoms with E-state index in [1.165, 1.54) is 63.9 Å². The lowest BCUT2D eigenvalue weighted by Gasteiger charge is -2.29. The van der Waals surface area contributed by atoms with Crippen LogP contribution in [0.25, 0.3) is 69.6 Å². The van der Waals surface area contributed by atoms with E-state index in [1.807, 2.05) is 11.3 Å². The highest BCUT2D eigenvalue weighted by atomic mass is 32.1. The van der Waals surface area contributed by atoms with Crippen LogP contribution in [-0.2, 0) is 0 Å². The Morgan fingerprint density at radius 1 is 0.449 bits per heavy atom. The molecule has 0 unspecified atom stereocenters. The Kier molecular flexibility index (Phi) is 6.39. The van der Waals surface area contributed by atoms with E-state index in [1.54, 1.807) is 0 Å². The Morgan fingerprint density at radius 3 is 2.00 bits per heavy atom. The molecule has 0 saturated heterocycles. The number of nitrogens with zero attached hydrogens (tertiary/aromatic N) is 2. The summed E-state index contributed by atoms with van der Waals surface area (Å²) in [5.41, 5.74) is 9.26. The Hall–Kier alpha value is -6.16. The largest absolute Gasteiger partial charge is 0.308 e. The summed E-state index contributed by atoms with van der Waals surface area (Å²) >= 11 is 1.87. The van der Waals surface area contributed by atoms with Crippen LogP contribution in [-0.4, -0.2) is 4.57 Å². The van der Waals surface area contributed by atoms with Gasteiger partial charge in [0.05, 0.1) is 22.4 Å². The van der Waals surface area contributed by atoms with Crippen molar-refractivity contribution in [2.45, 2.75) is 0 Å². The minimum absolute atomic E-state index is 1.12. The third kappa shape index (κ3) is 4.40. The molecular formula is C46H30N2S. The molecule has 10 rings (SSSR count). The molecule has 230 valence electrons. The van der Waals surface area contributed by atoms with E-state index >= 15 is 0 Å². The summed E-state index contributed by atoms with van der Waals surface area (Å²) < 4.78 is 5.07. The van der Waals surface area contributed by atoms with Crippen LogP contribution in [0.3, 0.4) is 0 Å². The number of fused-ring (bicyclic) bond motifs is 8. The highest BCUT2D eigenvalue weighted by Gasteiger charge is 2.24. The summed E-state index contributed by atoms with van der Waals surface area (Å²) in [5.74, 6) is 0. The first-order valence-corrected chi connectivity index (χ1v) is 17.5. The van der Waals surface area contributed by atoms with Crippen LogP contribution in [0.5, 0.6) is 0 Å². The van der Waals surface area contributed by atoms with Gasteiger partial charge in [-0.3, -0.25) is 0 Å². The molecule has 0 aliphatic heterocycles. The SMILES string of the molecule is c1ccc(-c2ccccc2N(c2ccc3ccc4sc5ccccc5c4c3c2)c2cccc3c4ccccc4n(-c4ccccc4)c23)cc1. The van der Waals surface area contributed by atoms with Crippen LogP contribution in [0.15, 0.2) is 182 Å². The molecule has 0 radical (unpaired) electrons. The first-order chi connectivity index (χ1) is 24.3.